The summed E-state index contributed by atoms with van der Waals surface area (Å²) in [7, 11) is 0. The standard InChI is InChI=1S/C23H18N2O3/c26-23(24-14-6-5-7-15(12-14)25(27)28)21-13-20-16-8-1-3-10-18(16)22(21)19-11-4-2-9-17(19)20/h1-12,20-22H,13H2,(H,24,26). The minimum absolute atomic E-state index is 0.0103. The Kier molecular flexibility index (Phi) is 3.76. The number of benzene rings is 3. The van der Waals surface area contributed by atoms with Crippen molar-refractivity contribution in [3.8, 4) is 0 Å². The minimum Gasteiger partial charge on any atom is -0.326 e. The average Bonchev–Trinajstić information content (AvgIpc) is 2.74. The van der Waals surface area contributed by atoms with Gasteiger partial charge in [0.05, 0.1) is 10.8 Å². The Morgan fingerprint density at radius 3 is 2.11 bits per heavy atom. The minimum atomic E-state index is -0.454. The molecular weight excluding hydrogens is 352 g/mol. The maximum absolute atomic E-state index is 13.2. The van der Waals surface area contributed by atoms with Crippen LogP contribution in [0.1, 0.15) is 40.5 Å². The number of amides is 1. The van der Waals surface area contributed by atoms with Gasteiger partial charge in [-0.1, -0.05) is 54.6 Å². The second-order valence-electron chi connectivity index (χ2n) is 7.43. The summed E-state index contributed by atoms with van der Waals surface area (Å²) < 4.78 is 0. The zero-order valence-corrected chi connectivity index (χ0v) is 15.0. The van der Waals surface area contributed by atoms with Crippen LogP contribution in [0.3, 0.4) is 0 Å². The lowest BCUT2D eigenvalue weighted by Gasteiger charge is -2.44. The second-order valence-corrected chi connectivity index (χ2v) is 7.43. The lowest BCUT2D eigenvalue weighted by molar-refractivity contribution is -0.384. The van der Waals surface area contributed by atoms with Crippen LogP contribution in [0.4, 0.5) is 11.4 Å². The Hall–Kier alpha value is -3.47. The molecule has 0 saturated heterocycles. The number of fused-ring (bicyclic) bond motifs is 1. The van der Waals surface area contributed by atoms with Crippen LogP contribution in [0.15, 0.2) is 72.8 Å². The number of anilines is 1. The van der Waals surface area contributed by atoms with Gasteiger partial charge in [-0.2, -0.15) is 0 Å². The number of hydrogen-bond acceptors (Lipinski definition) is 3. The van der Waals surface area contributed by atoms with Crippen LogP contribution in [0.5, 0.6) is 0 Å². The SMILES string of the molecule is O=C(Nc1cccc([N+](=O)[O-])c1)C1CC2c3ccccc3C1c1ccccc12. The van der Waals surface area contributed by atoms with E-state index < -0.39 is 4.92 Å². The first-order valence-corrected chi connectivity index (χ1v) is 9.36. The summed E-state index contributed by atoms with van der Waals surface area (Å²) in [5, 5.41) is 13.9. The first-order valence-electron chi connectivity index (χ1n) is 9.36. The summed E-state index contributed by atoms with van der Waals surface area (Å²) >= 11 is 0. The molecule has 0 heterocycles. The third-order valence-corrected chi connectivity index (χ3v) is 5.97. The van der Waals surface area contributed by atoms with Gasteiger partial charge in [0.15, 0.2) is 0 Å². The molecule has 2 bridgehead atoms. The van der Waals surface area contributed by atoms with Crippen molar-refractivity contribution >= 4 is 17.3 Å². The highest BCUT2D eigenvalue weighted by molar-refractivity contribution is 5.94. The molecule has 0 fully saturated rings. The van der Waals surface area contributed by atoms with E-state index in [1.165, 1.54) is 34.4 Å². The van der Waals surface area contributed by atoms with E-state index in [2.05, 4.69) is 41.7 Å². The van der Waals surface area contributed by atoms with Crippen molar-refractivity contribution in [2.45, 2.75) is 18.3 Å². The van der Waals surface area contributed by atoms with Gasteiger partial charge in [0.1, 0.15) is 0 Å². The second kappa shape index (κ2) is 6.30. The van der Waals surface area contributed by atoms with E-state index in [-0.39, 0.29) is 29.3 Å². The van der Waals surface area contributed by atoms with Crippen molar-refractivity contribution in [3.05, 3.63) is 105 Å². The molecule has 28 heavy (non-hydrogen) atoms. The van der Waals surface area contributed by atoms with Crippen LogP contribution in [0.25, 0.3) is 0 Å². The van der Waals surface area contributed by atoms with E-state index in [9.17, 15) is 14.9 Å². The van der Waals surface area contributed by atoms with Gasteiger partial charge < -0.3 is 5.32 Å². The lowest BCUT2D eigenvalue weighted by Crippen LogP contribution is -2.38. The third-order valence-electron chi connectivity index (χ3n) is 5.97. The smallest absolute Gasteiger partial charge is 0.271 e. The van der Waals surface area contributed by atoms with E-state index in [0.29, 0.717) is 5.69 Å². The van der Waals surface area contributed by atoms with Gasteiger partial charge in [-0.3, -0.25) is 14.9 Å². The summed E-state index contributed by atoms with van der Waals surface area (Å²) in [6.07, 6.45) is 0.749. The number of nitrogens with one attached hydrogen (secondary N) is 1. The molecule has 1 amide bonds. The average molecular weight is 370 g/mol. The molecule has 3 aliphatic rings. The van der Waals surface area contributed by atoms with Crippen molar-refractivity contribution < 1.29 is 9.72 Å². The van der Waals surface area contributed by atoms with Gasteiger partial charge in [0.2, 0.25) is 5.91 Å². The molecule has 0 aromatic heterocycles. The number of carbonyl (C=O) groups excluding carboxylic acids is 1. The number of nitro benzene ring substituents is 1. The zero-order valence-electron chi connectivity index (χ0n) is 15.0. The van der Waals surface area contributed by atoms with Gasteiger partial charge >= 0.3 is 0 Å². The Morgan fingerprint density at radius 1 is 0.893 bits per heavy atom. The number of hydrogen-bond donors (Lipinski definition) is 1. The fourth-order valence-corrected chi connectivity index (χ4v) is 4.83. The number of nitrogens with zero attached hydrogens (tertiary/aromatic N) is 1. The molecule has 138 valence electrons. The number of rotatable bonds is 3. The summed E-state index contributed by atoms with van der Waals surface area (Å²) in [5.41, 5.74) is 5.49. The Balaban J connectivity index is 1.51. The van der Waals surface area contributed by atoms with Crippen LogP contribution in [-0.2, 0) is 4.79 Å². The van der Waals surface area contributed by atoms with E-state index in [4.69, 9.17) is 0 Å². The van der Waals surface area contributed by atoms with E-state index in [1.807, 2.05) is 12.1 Å². The first-order chi connectivity index (χ1) is 13.6. The summed E-state index contributed by atoms with van der Waals surface area (Å²) in [5.74, 6) is -0.0667. The van der Waals surface area contributed by atoms with Crippen molar-refractivity contribution in [1.82, 2.24) is 0 Å². The van der Waals surface area contributed by atoms with Gasteiger partial charge in [-0.05, 0) is 34.7 Å². The van der Waals surface area contributed by atoms with Crippen LogP contribution in [0, 0.1) is 16.0 Å². The highest BCUT2D eigenvalue weighted by Gasteiger charge is 2.45. The summed E-state index contributed by atoms with van der Waals surface area (Å²) in [4.78, 5) is 23.7. The quantitative estimate of drug-likeness (QED) is 0.530. The maximum Gasteiger partial charge on any atom is 0.271 e. The highest BCUT2D eigenvalue weighted by atomic mass is 16.6. The molecule has 3 aromatic carbocycles. The summed E-state index contributed by atoms with van der Waals surface area (Å²) in [6, 6.07) is 22.8. The van der Waals surface area contributed by atoms with Crippen molar-refractivity contribution in [2.24, 2.45) is 5.92 Å². The Morgan fingerprint density at radius 2 is 1.50 bits per heavy atom. The van der Waals surface area contributed by atoms with E-state index >= 15 is 0 Å². The molecule has 3 aliphatic carbocycles. The van der Waals surface area contributed by atoms with Crippen molar-refractivity contribution in [3.63, 3.8) is 0 Å². The molecular formula is C23H18N2O3. The molecule has 1 unspecified atom stereocenters. The monoisotopic (exact) mass is 370 g/mol. The number of nitro groups is 1. The third kappa shape index (κ3) is 2.51. The summed E-state index contributed by atoms with van der Waals surface area (Å²) in [6.45, 7) is 0. The predicted molar refractivity (Wildman–Crippen MR) is 106 cm³/mol. The van der Waals surface area contributed by atoms with E-state index in [0.717, 1.165) is 6.42 Å². The molecule has 5 heteroatoms. The van der Waals surface area contributed by atoms with Gasteiger partial charge in [0, 0.05) is 29.7 Å². The van der Waals surface area contributed by atoms with Crippen LogP contribution < -0.4 is 5.32 Å². The van der Waals surface area contributed by atoms with Crippen LogP contribution >= 0.6 is 0 Å². The predicted octanol–water partition coefficient (Wildman–Crippen LogP) is 4.83. The van der Waals surface area contributed by atoms with Gasteiger partial charge in [-0.25, -0.2) is 0 Å². The van der Waals surface area contributed by atoms with Crippen molar-refractivity contribution in [2.75, 3.05) is 5.32 Å². The fourth-order valence-electron chi connectivity index (χ4n) is 4.83. The molecule has 0 radical (unpaired) electrons. The molecule has 0 saturated carbocycles. The molecule has 6 rings (SSSR count). The molecule has 1 atom stereocenters. The van der Waals surface area contributed by atoms with Crippen LogP contribution in [0.2, 0.25) is 0 Å². The largest absolute Gasteiger partial charge is 0.326 e. The van der Waals surface area contributed by atoms with Crippen molar-refractivity contribution in [1.29, 1.82) is 0 Å². The Labute approximate surface area is 162 Å². The maximum atomic E-state index is 13.2. The molecule has 1 N–H and O–H groups in total. The van der Waals surface area contributed by atoms with Gasteiger partial charge in [0.25, 0.3) is 5.69 Å². The number of carbonyl (C=O) groups is 1. The normalized spacial score (nSPS) is 21.5. The molecule has 0 aliphatic heterocycles. The molecule has 3 aromatic rings. The highest BCUT2D eigenvalue weighted by Crippen LogP contribution is 2.55. The van der Waals surface area contributed by atoms with E-state index in [1.54, 1.807) is 12.1 Å². The first kappa shape index (κ1) is 16.7. The Bertz CT molecular complexity index is 1060. The topological polar surface area (TPSA) is 72.2 Å². The van der Waals surface area contributed by atoms with Gasteiger partial charge in [-0.15, -0.1) is 0 Å². The molecule has 5 nitrogen and oxygen atoms in total. The molecule has 0 spiro atoms. The lowest BCUT2D eigenvalue weighted by atomic mass is 9.59. The number of non-ortho nitro benzene ring substituents is 1. The zero-order chi connectivity index (χ0) is 19.3. The fraction of sp³-hybridized carbons (Fsp3) is 0.174. The van der Waals surface area contributed by atoms with Crippen LogP contribution in [-0.4, -0.2) is 10.8 Å².